The maximum atomic E-state index is 8.36. The van der Waals surface area contributed by atoms with E-state index in [0.29, 0.717) is 0 Å². The molecule has 15 heavy (non-hydrogen) atoms. The largest absolute Gasteiger partial charge is 0.198 e. The van der Waals surface area contributed by atoms with Crippen LogP contribution in [-0.2, 0) is 0 Å². The second-order valence-corrected chi connectivity index (χ2v) is 3.55. The quantitative estimate of drug-likeness (QED) is 0.574. The predicted molar refractivity (Wildman–Crippen MR) is 70.7 cm³/mol. The summed E-state index contributed by atoms with van der Waals surface area (Å²) in [7, 11) is 0. The smallest absolute Gasteiger partial charge is 0.0621 e. The van der Waals surface area contributed by atoms with Crippen LogP contribution < -0.4 is 0 Å². The van der Waals surface area contributed by atoms with Gasteiger partial charge in [-0.25, -0.2) is 0 Å². The van der Waals surface area contributed by atoms with E-state index in [1.807, 2.05) is 13.8 Å². The standard InChI is InChI=1S/C10H19N.C2H6.C2H4/c1-4-9(2)8-10(3)6-5-7-11;2*1-2/h9-10H,4-6,8H2,1-3H3;1-2H3;1-2H2. The zero-order valence-corrected chi connectivity index (χ0v) is 11.3. The summed E-state index contributed by atoms with van der Waals surface area (Å²) in [5, 5.41) is 8.36. The van der Waals surface area contributed by atoms with E-state index in [0.717, 1.165) is 24.7 Å². The van der Waals surface area contributed by atoms with Gasteiger partial charge in [0, 0.05) is 6.42 Å². The molecule has 0 N–H and O–H groups in total. The van der Waals surface area contributed by atoms with Crippen molar-refractivity contribution in [3.8, 4) is 6.07 Å². The summed E-state index contributed by atoms with van der Waals surface area (Å²) in [6.45, 7) is 16.7. The molecular weight excluding hydrogens is 182 g/mol. The highest BCUT2D eigenvalue weighted by Gasteiger charge is 2.05. The fourth-order valence-corrected chi connectivity index (χ4v) is 1.28. The van der Waals surface area contributed by atoms with Crippen LogP contribution in [0.25, 0.3) is 0 Å². The SMILES string of the molecule is C=C.CC.CCC(C)CC(C)CCC#N. The van der Waals surface area contributed by atoms with Crippen molar-refractivity contribution in [2.45, 2.75) is 60.3 Å². The summed E-state index contributed by atoms with van der Waals surface area (Å²) in [6, 6.07) is 2.19. The molecule has 0 aromatic carbocycles. The van der Waals surface area contributed by atoms with E-state index >= 15 is 0 Å². The molecule has 0 saturated heterocycles. The van der Waals surface area contributed by atoms with Gasteiger partial charge in [0.2, 0.25) is 0 Å². The van der Waals surface area contributed by atoms with Crippen molar-refractivity contribution in [3.63, 3.8) is 0 Å². The Balaban J connectivity index is -0.000000318. The molecule has 0 aliphatic heterocycles. The fourth-order valence-electron chi connectivity index (χ4n) is 1.28. The lowest BCUT2D eigenvalue weighted by Crippen LogP contribution is -2.01. The average Bonchev–Trinajstić information content (AvgIpc) is 2.31. The number of nitriles is 1. The van der Waals surface area contributed by atoms with Crippen molar-refractivity contribution < 1.29 is 0 Å². The molecule has 0 spiro atoms. The summed E-state index contributed by atoms with van der Waals surface area (Å²) >= 11 is 0. The molecule has 0 rings (SSSR count). The van der Waals surface area contributed by atoms with E-state index in [-0.39, 0.29) is 0 Å². The maximum Gasteiger partial charge on any atom is 0.0621 e. The third-order valence-corrected chi connectivity index (χ3v) is 2.25. The van der Waals surface area contributed by atoms with Gasteiger partial charge in [0.05, 0.1) is 6.07 Å². The second kappa shape index (κ2) is 18.9. The number of hydrogen-bond acceptors (Lipinski definition) is 1. The van der Waals surface area contributed by atoms with Crippen LogP contribution in [0.3, 0.4) is 0 Å². The van der Waals surface area contributed by atoms with Gasteiger partial charge >= 0.3 is 0 Å². The van der Waals surface area contributed by atoms with Crippen molar-refractivity contribution in [1.29, 1.82) is 5.26 Å². The zero-order valence-electron chi connectivity index (χ0n) is 11.3. The lowest BCUT2D eigenvalue weighted by atomic mass is 9.92. The Labute approximate surface area is 97.2 Å². The third-order valence-electron chi connectivity index (χ3n) is 2.25. The van der Waals surface area contributed by atoms with Crippen LogP contribution >= 0.6 is 0 Å². The topological polar surface area (TPSA) is 23.8 Å². The Morgan fingerprint density at radius 1 is 1.13 bits per heavy atom. The van der Waals surface area contributed by atoms with E-state index in [1.165, 1.54) is 12.8 Å². The summed E-state index contributed by atoms with van der Waals surface area (Å²) in [5.41, 5.74) is 0. The average molecular weight is 211 g/mol. The van der Waals surface area contributed by atoms with Crippen molar-refractivity contribution >= 4 is 0 Å². The summed E-state index contributed by atoms with van der Waals surface area (Å²) in [5.74, 6) is 1.55. The number of nitrogens with zero attached hydrogens (tertiary/aromatic N) is 1. The molecule has 0 aliphatic carbocycles. The second-order valence-electron chi connectivity index (χ2n) is 3.55. The zero-order chi connectivity index (χ0) is 12.7. The van der Waals surface area contributed by atoms with E-state index in [9.17, 15) is 0 Å². The molecule has 0 amide bonds. The van der Waals surface area contributed by atoms with Gasteiger partial charge in [0.1, 0.15) is 0 Å². The highest BCUT2D eigenvalue weighted by Crippen LogP contribution is 2.18. The minimum Gasteiger partial charge on any atom is -0.198 e. The predicted octanol–water partition coefficient (Wildman–Crippen LogP) is 5.19. The van der Waals surface area contributed by atoms with Gasteiger partial charge in [-0.2, -0.15) is 5.26 Å². The van der Waals surface area contributed by atoms with Crippen LogP contribution in [0.4, 0.5) is 0 Å². The van der Waals surface area contributed by atoms with Crippen molar-refractivity contribution in [2.75, 3.05) is 0 Å². The summed E-state index contributed by atoms with van der Waals surface area (Å²) in [4.78, 5) is 0. The molecular formula is C14H29N. The van der Waals surface area contributed by atoms with Gasteiger partial charge in [-0.05, 0) is 24.7 Å². The lowest BCUT2D eigenvalue weighted by Gasteiger charge is -2.13. The molecule has 0 aromatic rings. The summed E-state index contributed by atoms with van der Waals surface area (Å²) in [6.07, 6.45) is 4.33. The minimum absolute atomic E-state index is 0.720. The third kappa shape index (κ3) is 19.6. The van der Waals surface area contributed by atoms with Crippen LogP contribution in [0, 0.1) is 23.2 Å². The molecule has 2 unspecified atom stereocenters. The molecule has 0 bridgehead atoms. The first-order valence-electron chi connectivity index (χ1n) is 6.07. The fraction of sp³-hybridized carbons (Fsp3) is 0.786. The van der Waals surface area contributed by atoms with Gasteiger partial charge in [0.15, 0.2) is 0 Å². The molecule has 0 aromatic heterocycles. The van der Waals surface area contributed by atoms with Crippen LogP contribution in [-0.4, -0.2) is 0 Å². The molecule has 0 heterocycles. The lowest BCUT2D eigenvalue weighted by molar-refractivity contribution is 0.390. The van der Waals surface area contributed by atoms with Crippen LogP contribution in [0.1, 0.15) is 60.3 Å². The van der Waals surface area contributed by atoms with E-state index in [2.05, 4.69) is 40.0 Å². The molecule has 0 saturated carbocycles. The molecule has 0 radical (unpaired) electrons. The van der Waals surface area contributed by atoms with Crippen molar-refractivity contribution in [3.05, 3.63) is 13.2 Å². The highest BCUT2D eigenvalue weighted by atomic mass is 14.2. The molecule has 1 nitrogen and oxygen atoms in total. The first kappa shape index (κ1) is 19.7. The van der Waals surface area contributed by atoms with Crippen LogP contribution in [0.5, 0.6) is 0 Å². The van der Waals surface area contributed by atoms with Crippen LogP contribution in [0.2, 0.25) is 0 Å². The Morgan fingerprint density at radius 2 is 1.60 bits per heavy atom. The Bertz CT molecular complexity index is 135. The first-order valence-corrected chi connectivity index (χ1v) is 6.07. The van der Waals surface area contributed by atoms with Gasteiger partial charge < -0.3 is 0 Å². The van der Waals surface area contributed by atoms with E-state index in [4.69, 9.17) is 5.26 Å². The van der Waals surface area contributed by atoms with Crippen molar-refractivity contribution in [1.82, 2.24) is 0 Å². The summed E-state index contributed by atoms with van der Waals surface area (Å²) < 4.78 is 0. The normalized spacial score (nSPS) is 12.0. The molecule has 0 fully saturated rings. The van der Waals surface area contributed by atoms with Gasteiger partial charge in [0.25, 0.3) is 0 Å². The molecule has 2 atom stereocenters. The number of rotatable bonds is 5. The molecule has 0 aliphatic rings. The van der Waals surface area contributed by atoms with Gasteiger partial charge in [-0.15, -0.1) is 13.2 Å². The molecule has 1 heteroatoms. The van der Waals surface area contributed by atoms with Gasteiger partial charge in [-0.3, -0.25) is 0 Å². The Hall–Kier alpha value is -0.770. The monoisotopic (exact) mass is 211 g/mol. The molecule has 90 valence electrons. The first-order chi connectivity index (χ1) is 7.20. The number of hydrogen-bond donors (Lipinski definition) is 0. The van der Waals surface area contributed by atoms with E-state index in [1.54, 1.807) is 0 Å². The van der Waals surface area contributed by atoms with Crippen LogP contribution in [0.15, 0.2) is 13.2 Å². The Kier molecular flexibility index (Phi) is 24.9. The van der Waals surface area contributed by atoms with Gasteiger partial charge in [-0.1, -0.05) is 41.0 Å². The highest BCUT2D eigenvalue weighted by molar-refractivity contribution is 4.71. The maximum absolute atomic E-state index is 8.36. The minimum atomic E-state index is 0.720. The van der Waals surface area contributed by atoms with Crippen molar-refractivity contribution in [2.24, 2.45) is 11.8 Å². The Morgan fingerprint density at radius 3 is 1.93 bits per heavy atom. The van der Waals surface area contributed by atoms with E-state index < -0.39 is 0 Å².